The lowest BCUT2D eigenvalue weighted by Crippen LogP contribution is -2.25. The van der Waals surface area contributed by atoms with Crippen molar-refractivity contribution < 1.29 is 4.74 Å². The van der Waals surface area contributed by atoms with Crippen LogP contribution in [0.2, 0.25) is 0 Å². The van der Waals surface area contributed by atoms with Crippen LogP contribution in [0.3, 0.4) is 0 Å². The van der Waals surface area contributed by atoms with E-state index in [9.17, 15) is 5.26 Å². The average Bonchev–Trinajstić information content (AvgIpc) is 2.66. The molecule has 2 heterocycles. The highest BCUT2D eigenvalue weighted by atomic mass is 32.1. The highest BCUT2D eigenvalue weighted by molar-refractivity contribution is 7.16. The third-order valence-electron chi connectivity index (χ3n) is 2.75. The van der Waals surface area contributed by atoms with Crippen molar-refractivity contribution in [3.63, 3.8) is 0 Å². The number of thiophene rings is 1. The van der Waals surface area contributed by atoms with Gasteiger partial charge < -0.3 is 9.64 Å². The van der Waals surface area contributed by atoms with Gasteiger partial charge in [-0.2, -0.15) is 5.26 Å². The molecule has 0 amide bonds. The van der Waals surface area contributed by atoms with Gasteiger partial charge in [0.15, 0.2) is 6.40 Å². The van der Waals surface area contributed by atoms with E-state index in [0.29, 0.717) is 6.61 Å². The molecule has 0 radical (unpaired) electrons. The molecule has 1 aliphatic rings. The molecule has 2 rings (SSSR count). The Morgan fingerprint density at radius 1 is 1.65 bits per heavy atom. The lowest BCUT2D eigenvalue weighted by atomic mass is 10.0. The number of likely N-dealkylation sites (N-methyl/N-ethyl adjacent to an activating group) is 1. The van der Waals surface area contributed by atoms with Crippen molar-refractivity contribution in [2.75, 3.05) is 20.2 Å². The van der Waals surface area contributed by atoms with Gasteiger partial charge in [-0.3, -0.25) is 0 Å². The van der Waals surface area contributed by atoms with Gasteiger partial charge in [0.25, 0.3) is 0 Å². The normalized spacial score (nSPS) is 15.8. The SMILES string of the molecule is CCOC=Nc1sc2c(c1C#N)CCN(C)C2. The lowest BCUT2D eigenvalue weighted by Gasteiger charge is -2.21. The van der Waals surface area contributed by atoms with Gasteiger partial charge in [-0.15, -0.1) is 11.3 Å². The molecular weight excluding hydrogens is 234 g/mol. The van der Waals surface area contributed by atoms with Crippen LogP contribution >= 0.6 is 11.3 Å². The van der Waals surface area contributed by atoms with E-state index < -0.39 is 0 Å². The highest BCUT2D eigenvalue weighted by Gasteiger charge is 2.22. The molecule has 5 heteroatoms. The molecule has 1 aliphatic heterocycles. The molecule has 0 atom stereocenters. The van der Waals surface area contributed by atoms with Crippen LogP contribution in [0.1, 0.15) is 22.9 Å². The van der Waals surface area contributed by atoms with Crippen molar-refractivity contribution in [3.05, 3.63) is 16.0 Å². The van der Waals surface area contributed by atoms with E-state index in [1.807, 2.05) is 6.92 Å². The summed E-state index contributed by atoms with van der Waals surface area (Å²) in [6.07, 6.45) is 2.37. The molecule has 0 bridgehead atoms. The third-order valence-corrected chi connectivity index (χ3v) is 3.88. The number of aliphatic imine (C=N–C) groups is 1. The van der Waals surface area contributed by atoms with E-state index >= 15 is 0 Å². The van der Waals surface area contributed by atoms with Crippen molar-refractivity contribution in [2.24, 2.45) is 4.99 Å². The number of fused-ring (bicyclic) bond motifs is 1. The van der Waals surface area contributed by atoms with Crippen molar-refractivity contribution in [3.8, 4) is 6.07 Å². The first kappa shape index (κ1) is 12.1. The second-order valence-corrected chi connectivity index (χ2v) is 5.06. The van der Waals surface area contributed by atoms with Crippen LogP contribution in [0, 0.1) is 11.3 Å². The first-order chi connectivity index (χ1) is 8.26. The molecule has 0 saturated carbocycles. The minimum atomic E-state index is 0.596. The van der Waals surface area contributed by atoms with E-state index in [4.69, 9.17) is 4.74 Å². The Hall–Kier alpha value is -1.38. The summed E-state index contributed by atoms with van der Waals surface area (Å²) in [7, 11) is 2.10. The predicted octanol–water partition coefficient (Wildman–Crippen LogP) is 2.30. The van der Waals surface area contributed by atoms with Crippen LogP contribution in [0.25, 0.3) is 0 Å². The van der Waals surface area contributed by atoms with Crippen molar-refractivity contribution in [2.45, 2.75) is 19.9 Å². The van der Waals surface area contributed by atoms with E-state index in [2.05, 4.69) is 23.0 Å². The van der Waals surface area contributed by atoms with Gasteiger partial charge in [0.05, 0.1) is 12.2 Å². The quantitative estimate of drug-likeness (QED) is 0.610. The molecule has 0 fully saturated rings. The summed E-state index contributed by atoms with van der Waals surface area (Å²) in [5, 5.41) is 9.99. The lowest BCUT2D eigenvalue weighted by molar-refractivity contribution is 0.317. The Kier molecular flexibility index (Phi) is 3.77. The first-order valence-corrected chi connectivity index (χ1v) is 6.45. The Bertz CT molecular complexity index is 473. The summed E-state index contributed by atoms with van der Waals surface area (Å²) in [4.78, 5) is 7.75. The van der Waals surface area contributed by atoms with E-state index in [1.54, 1.807) is 11.3 Å². The maximum absolute atomic E-state index is 9.21. The molecule has 0 unspecified atom stereocenters. The van der Waals surface area contributed by atoms with Gasteiger partial charge in [0.2, 0.25) is 0 Å². The fourth-order valence-electron chi connectivity index (χ4n) is 1.88. The van der Waals surface area contributed by atoms with Gasteiger partial charge in [0.1, 0.15) is 11.1 Å². The maximum Gasteiger partial charge on any atom is 0.175 e. The van der Waals surface area contributed by atoms with E-state index in [1.165, 1.54) is 16.8 Å². The van der Waals surface area contributed by atoms with Crippen molar-refractivity contribution in [1.29, 1.82) is 5.26 Å². The molecule has 1 aromatic heterocycles. The Morgan fingerprint density at radius 3 is 3.18 bits per heavy atom. The number of hydrogen-bond donors (Lipinski definition) is 0. The summed E-state index contributed by atoms with van der Waals surface area (Å²) < 4.78 is 5.09. The zero-order valence-electron chi connectivity index (χ0n) is 10.1. The summed E-state index contributed by atoms with van der Waals surface area (Å²) >= 11 is 1.60. The number of nitriles is 1. The largest absolute Gasteiger partial charge is 0.483 e. The number of hydrogen-bond acceptors (Lipinski definition) is 5. The number of nitrogens with zero attached hydrogens (tertiary/aromatic N) is 3. The maximum atomic E-state index is 9.21. The highest BCUT2D eigenvalue weighted by Crippen LogP contribution is 2.37. The molecule has 0 aliphatic carbocycles. The standard InChI is InChI=1S/C12H15N3OS/c1-3-16-8-14-12-10(6-13)9-4-5-15(2)7-11(9)17-12/h8H,3-5,7H2,1-2H3. The molecule has 4 nitrogen and oxygen atoms in total. The zero-order chi connectivity index (χ0) is 12.3. The van der Waals surface area contributed by atoms with Gasteiger partial charge in [-0.1, -0.05) is 0 Å². The first-order valence-electron chi connectivity index (χ1n) is 5.63. The molecule has 0 aromatic carbocycles. The van der Waals surface area contributed by atoms with Gasteiger partial charge in [0, 0.05) is 18.0 Å². The van der Waals surface area contributed by atoms with Crippen LogP contribution in [0.5, 0.6) is 0 Å². The smallest absolute Gasteiger partial charge is 0.175 e. The van der Waals surface area contributed by atoms with Crippen LogP contribution < -0.4 is 0 Å². The average molecular weight is 249 g/mol. The molecule has 1 aromatic rings. The number of ether oxygens (including phenoxy) is 1. The summed E-state index contributed by atoms with van der Waals surface area (Å²) in [6.45, 7) is 4.43. The second-order valence-electron chi connectivity index (χ2n) is 3.97. The van der Waals surface area contributed by atoms with Crippen LogP contribution in [0.15, 0.2) is 4.99 Å². The van der Waals surface area contributed by atoms with Crippen molar-refractivity contribution >= 4 is 22.7 Å². The predicted molar refractivity (Wildman–Crippen MR) is 68.9 cm³/mol. The third kappa shape index (κ3) is 2.48. The molecule has 0 N–H and O–H groups in total. The molecular formula is C12H15N3OS. The molecule has 90 valence electrons. The molecule has 0 spiro atoms. The monoisotopic (exact) mass is 249 g/mol. The fraction of sp³-hybridized carbons (Fsp3) is 0.500. The minimum absolute atomic E-state index is 0.596. The van der Waals surface area contributed by atoms with E-state index in [-0.39, 0.29) is 0 Å². The van der Waals surface area contributed by atoms with Crippen molar-refractivity contribution in [1.82, 2.24) is 4.90 Å². The Morgan fingerprint density at radius 2 is 2.47 bits per heavy atom. The minimum Gasteiger partial charge on any atom is -0.483 e. The van der Waals surface area contributed by atoms with Crippen LogP contribution in [-0.2, 0) is 17.7 Å². The molecule has 17 heavy (non-hydrogen) atoms. The van der Waals surface area contributed by atoms with Gasteiger partial charge in [-0.25, -0.2) is 4.99 Å². The van der Waals surface area contributed by atoms with Gasteiger partial charge >= 0.3 is 0 Å². The topological polar surface area (TPSA) is 48.6 Å². The Balaban J connectivity index is 2.31. The van der Waals surface area contributed by atoms with Crippen LogP contribution in [0.4, 0.5) is 5.00 Å². The Labute approximate surface area is 105 Å². The number of rotatable bonds is 3. The summed E-state index contributed by atoms with van der Waals surface area (Å²) in [6, 6.07) is 2.27. The second kappa shape index (κ2) is 5.30. The fourth-order valence-corrected chi connectivity index (χ4v) is 3.09. The van der Waals surface area contributed by atoms with Crippen LogP contribution in [-0.4, -0.2) is 31.5 Å². The van der Waals surface area contributed by atoms with E-state index in [0.717, 1.165) is 30.1 Å². The zero-order valence-corrected chi connectivity index (χ0v) is 10.9. The molecule has 0 saturated heterocycles. The summed E-state index contributed by atoms with van der Waals surface area (Å²) in [5.41, 5.74) is 1.91. The summed E-state index contributed by atoms with van der Waals surface area (Å²) in [5.74, 6) is 0. The van der Waals surface area contributed by atoms with Gasteiger partial charge in [-0.05, 0) is 26.0 Å².